The molecule has 2 aromatic rings. The Balaban J connectivity index is 2.13. The Morgan fingerprint density at radius 3 is 2.42 bits per heavy atom. The van der Waals surface area contributed by atoms with Gasteiger partial charge in [0.1, 0.15) is 5.41 Å². The largest absolute Gasteiger partial charge is 0.289 e. The minimum absolute atomic E-state index is 0.121. The van der Waals surface area contributed by atoms with Gasteiger partial charge in [-0.25, -0.2) is 0 Å². The average Bonchev–Trinajstić information content (AvgIpc) is 2.60. The van der Waals surface area contributed by atoms with Gasteiger partial charge in [-0.3, -0.25) is 19.3 Å². The van der Waals surface area contributed by atoms with Gasteiger partial charge in [-0.05, 0) is 36.3 Å². The van der Waals surface area contributed by atoms with Crippen molar-refractivity contribution in [2.45, 2.75) is 12.3 Å². The van der Waals surface area contributed by atoms with Crippen LogP contribution in [-0.4, -0.2) is 29.5 Å². The molecule has 0 radical (unpaired) electrons. The second-order valence-electron chi connectivity index (χ2n) is 6.27. The molecule has 118 valence electrons. The zero-order chi connectivity index (χ0) is 17.1. The number of rotatable bonds is 0. The van der Waals surface area contributed by atoms with Crippen molar-refractivity contribution in [2.75, 3.05) is 7.05 Å². The van der Waals surface area contributed by atoms with Crippen molar-refractivity contribution in [3.8, 4) is 0 Å². The van der Waals surface area contributed by atoms with E-state index >= 15 is 0 Å². The number of amides is 2. The normalized spacial score (nSPS) is 21.9. The molecule has 0 aromatic heterocycles. The zero-order valence-corrected chi connectivity index (χ0v) is 13.4. The highest BCUT2D eigenvalue weighted by atomic mass is 16.2. The van der Waals surface area contributed by atoms with Crippen LogP contribution in [0.5, 0.6) is 0 Å². The molecule has 2 aromatic carbocycles. The van der Waals surface area contributed by atoms with Gasteiger partial charge in [-0.15, -0.1) is 0 Å². The van der Waals surface area contributed by atoms with E-state index in [1.165, 1.54) is 13.1 Å². The van der Waals surface area contributed by atoms with E-state index in [1.807, 2.05) is 25.1 Å². The van der Waals surface area contributed by atoms with Gasteiger partial charge < -0.3 is 0 Å². The fourth-order valence-corrected chi connectivity index (χ4v) is 3.67. The zero-order valence-electron chi connectivity index (χ0n) is 13.4. The molecule has 4 nitrogen and oxygen atoms in total. The maximum absolute atomic E-state index is 13.2. The molecule has 1 aliphatic carbocycles. The third kappa shape index (κ3) is 1.65. The Bertz CT molecular complexity index is 957. The number of benzene rings is 2. The van der Waals surface area contributed by atoms with Crippen molar-refractivity contribution in [1.82, 2.24) is 4.90 Å². The summed E-state index contributed by atoms with van der Waals surface area (Å²) in [5, 5.41) is 0. The van der Waals surface area contributed by atoms with Gasteiger partial charge in [0.05, 0.1) is 0 Å². The molecule has 0 saturated carbocycles. The van der Waals surface area contributed by atoms with Crippen LogP contribution in [0, 0.1) is 6.92 Å². The van der Waals surface area contributed by atoms with Crippen molar-refractivity contribution < 1.29 is 14.4 Å². The molecule has 4 rings (SSSR count). The van der Waals surface area contributed by atoms with Crippen LogP contribution in [0.1, 0.15) is 37.4 Å². The lowest BCUT2D eigenvalue weighted by Gasteiger charge is -2.41. The van der Waals surface area contributed by atoms with Crippen molar-refractivity contribution in [2.24, 2.45) is 0 Å². The van der Waals surface area contributed by atoms with E-state index in [4.69, 9.17) is 0 Å². The van der Waals surface area contributed by atoms with Crippen LogP contribution in [0.15, 0.2) is 54.6 Å². The Kier molecular flexibility index (Phi) is 2.88. The smallest absolute Gasteiger partial charge is 0.260 e. The molecule has 1 spiro atoms. The molecule has 2 amide bonds. The van der Waals surface area contributed by atoms with Gasteiger partial charge in [0.2, 0.25) is 5.91 Å². The summed E-state index contributed by atoms with van der Waals surface area (Å²) in [6, 6.07) is 12.6. The predicted molar refractivity (Wildman–Crippen MR) is 89.0 cm³/mol. The summed E-state index contributed by atoms with van der Waals surface area (Å²) in [6.07, 6.45) is 3.08. The number of ketones is 1. The van der Waals surface area contributed by atoms with Gasteiger partial charge in [-0.2, -0.15) is 0 Å². The van der Waals surface area contributed by atoms with Gasteiger partial charge in [-0.1, -0.05) is 42.0 Å². The maximum Gasteiger partial charge on any atom is 0.260 e. The first-order valence-corrected chi connectivity index (χ1v) is 7.73. The molecule has 1 unspecified atom stereocenters. The lowest BCUT2D eigenvalue weighted by Crippen LogP contribution is -2.53. The van der Waals surface area contributed by atoms with Gasteiger partial charge in [0.25, 0.3) is 5.91 Å². The van der Waals surface area contributed by atoms with E-state index in [0.717, 1.165) is 10.5 Å². The van der Waals surface area contributed by atoms with Crippen LogP contribution >= 0.6 is 0 Å². The number of carbonyl (C=O) groups is 3. The Labute approximate surface area is 139 Å². The van der Waals surface area contributed by atoms with E-state index in [9.17, 15) is 14.4 Å². The molecular formula is C20H15NO3. The fourth-order valence-electron chi connectivity index (χ4n) is 3.67. The van der Waals surface area contributed by atoms with E-state index < -0.39 is 5.41 Å². The quantitative estimate of drug-likeness (QED) is 0.702. The van der Waals surface area contributed by atoms with Gasteiger partial charge in [0.15, 0.2) is 5.78 Å². The number of nitrogens with zero attached hydrogens (tertiary/aromatic N) is 1. The monoisotopic (exact) mass is 317 g/mol. The second-order valence-corrected chi connectivity index (χ2v) is 6.27. The first-order chi connectivity index (χ1) is 11.5. The molecule has 4 heteroatoms. The lowest BCUT2D eigenvalue weighted by molar-refractivity contribution is -0.131. The van der Waals surface area contributed by atoms with Crippen LogP contribution in [-0.2, 0) is 10.2 Å². The van der Waals surface area contributed by atoms with Crippen molar-refractivity contribution in [3.63, 3.8) is 0 Å². The van der Waals surface area contributed by atoms with E-state index in [2.05, 4.69) is 0 Å². The van der Waals surface area contributed by atoms with Crippen LogP contribution in [0.2, 0.25) is 0 Å². The topological polar surface area (TPSA) is 54.5 Å². The van der Waals surface area contributed by atoms with Crippen molar-refractivity contribution in [1.29, 1.82) is 0 Å². The van der Waals surface area contributed by atoms with Crippen molar-refractivity contribution in [3.05, 3.63) is 82.4 Å². The van der Waals surface area contributed by atoms with Crippen molar-refractivity contribution >= 4 is 17.6 Å². The number of likely N-dealkylation sites (N-methyl/N-ethyl adjacent to an activating group) is 1. The van der Waals surface area contributed by atoms with Gasteiger partial charge >= 0.3 is 0 Å². The third-order valence-corrected chi connectivity index (χ3v) is 4.88. The molecule has 0 fully saturated rings. The molecule has 2 aliphatic rings. The lowest BCUT2D eigenvalue weighted by atomic mass is 9.65. The van der Waals surface area contributed by atoms with Crippen LogP contribution < -0.4 is 0 Å². The summed E-state index contributed by atoms with van der Waals surface area (Å²) in [7, 11) is 1.49. The predicted octanol–water partition coefficient (Wildman–Crippen LogP) is 2.65. The number of hydrogen-bond donors (Lipinski definition) is 0. The van der Waals surface area contributed by atoms with E-state index in [0.29, 0.717) is 22.3 Å². The molecule has 1 aliphatic heterocycles. The SMILES string of the molecule is Cc1ccc2c(c1)C(=O)C=CC21C(=O)N(C)C(=O)c2ccccc21. The fraction of sp³-hybridized carbons (Fsp3) is 0.150. The highest BCUT2D eigenvalue weighted by Gasteiger charge is 2.51. The minimum atomic E-state index is -1.13. The Morgan fingerprint density at radius 1 is 0.917 bits per heavy atom. The minimum Gasteiger partial charge on any atom is -0.289 e. The third-order valence-electron chi connectivity index (χ3n) is 4.88. The van der Waals surface area contributed by atoms with Crippen LogP contribution in [0.25, 0.3) is 0 Å². The summed E-state index contributed by atoms with van der Waals surface area (Å²) in [4.78, 5) is 39.2. The highest BCUT2D eigenvalue weighted by molar-refractivity contribution is 6.19. The summed E-state index contributed by atoms with van der Waals surface area (Å²) < 4.78 is 0. The first kappa shape index (κ1) is 14.6. The summed E-state index contributed by atoms with van der Waals surface area (Å²) in [6.45, 7) is 1.91. The number of imide groups is 1. The molecule has 1 heterocycles. The Hall–Kier alpha value is -3.01. The molecule has 1 atom stereocenters. The standard InChI is InChI=1S/C20H15NO3/c1-12-7-8-16-14(11-12)17(22)9-10-20(16)15-6-4-3-5-13(15)18(23)21(2)19(20)24/h3-11H,1-2H3. The number of allylic oxidation sites excluding steroid dienone is 1. The molecule has 0 N–H and O–H groups in total. The number of fused-ring (bicyclic) bond motifs is 4. The number of aryl methyl sites for hydroxylation is 1. The average molecular weight is 317 g/mol. The van der Waals surface area contributed by atoms with Gasteiger partial charge in [0, 0.05) is 18.2 Å². The second kappa shape index (κ2) is 4.74. The maximum atomic E-state index is 13.2. The summed E-state index contributed by atoms with van der Waals surface area (Å²) in [5.74, 6) is -0.774. The number of carbonyl (C=O) groups excluding carboxylic acids is 3. The van der Waals surface area contributed by atoms with E-state index in [1.54, 1.807) is 30.3 Å². The Morgan fingerprint density at radius 2 is 1.62 bits per heavy atom. The molecular weight excluding hydrogens is 302 g/mol. The van der Waals surface area contributed by atoms with Crippen LogP contribution in [0.3, 0.4) is 0 Å². The molecule has 0 saturated heterocycles. The highest BCUT2D eigenvalue weighted by Crippen LogP contribution is 2.44. The number of hydrogen-bond acceptors (Lipinski definition) is 3. The summed E-state index contributed by atoms with van der Waals surface area (Å²) >= 11 is 0. The van der Waals surface area contributed by atoms with Crippen LogP contribution in [0.4, 0.5) is 0 Å². The molecule has 24 heavy (non-hydrogen) atoms. The first-order valence-electron chi connectivity index (χ1n) is 7.73. The molecule has 0 bridgehead atoms. The summed E-state index contributed by atoms with van der Waals surface area (Å²) in [5.41, 5.74) is 2.10. The van der Waals surface area contributed by atoms with E-state index in [-0.39, 0.29) is 17.6 Å².